The van der Waals surface area contributed by atoms with Gasteiger partial charge in [-0.3, -0.25) is 9.59 Å². The molecule has 124 valence electrons. The summed E-state index contributed by atoms with van der Waals surface area (Å²) in [5, 5.41) is 8.69. The molecule has 1 atom stereocenters. The van der Waals surface area contributed by atoms with Gasteiger partial charge in [-0.15, -0.1) is 0 Å². The van der Waals surface area contributed by atoms with E-state index in [0.717, 1.165) is 22.3 Å². The minimum atomic E-state index is -1.02. The fourth-order valence-electron chi connectivity index (χ4n) is 3.19. The topological polar surface area (TPSA) is 89.6 Å². The molecule has 0 fully saturated rings. The second-order valence-corrected chi connectivity index (χ2v) is 5.97. The van der Waals surface area contributed by atoms with Crippen LogP contribution in [0, 0.1) is 0 Å². The number of fused-ring (bicyclic) bond motifs is 3. The second kappa shape index (κ2) is 6.84. The molecule has 0 heterocycles. The summed E-state index contributed by atoms with van der Waals surface area (Å²) in [7, 11) is 0. The van der Waals surface area contributed by atoms with Crippen LogP contribution in [0.4, 0.5) is 0 Å². The van der Waals surface area contributed by atoms with E-state index in [-0.39, 0.29) is 25.4 Å². The molecule has 5 nitrogen and oxygen atoms in total. The number of esters is 1. The van der Waals surface area contributed by atoms with E-state index in [1.54, 1.807) is 0 Å². The lowest BCUT2D eigenvalue weighted by Crippen LogP contribution is -2.28. The van der Waals surface area contributed by atoms with Crippen LogP contribution in [0.3, 0.4) is 0 Å². The molecule has 2 aromatic rings. The smallest absolute Gasteiger partial charge is 0.307 e. The Morgan fingerprint density at radius 2 is 1.54 bits per heavy atom. The van der Waals surface area contributed by atoms with E-state index in [1.807, 2.05) is 36.4 Å². The number of aliphatic carboxylic acids is 1. The molecule has 1 aliphatic carbocycles. The summed E-state index contributed by atoms with van der Waals surface area (Å²) in [6, 6.07) is 15.4. The van der Waals surface area contributed by atoms with Crippen molar-refractivity contribution in [1.29, 1.82) is 0 Å². The maximum Gasteiger partial charge on any atom is 0.307 e. The van der Waals surface area contributed by atoms with Crippen LogP contribution in [0.1, 0.15) is 29.9 Å². The average Bonchev–Trinajstić information content (AvgIpc) is 2.86. The molecule has 3 rings (SSSR count). The standard InChI is InChI=1S/C19H19NO4/c20-12(9-18(21)22)10-19(23)24-11-17-15-7-3-1-5-13(15)14-6-2-4-8-16(14)17/h1-8,12,17H,9-11,20H2,(H,21,22)/t12-/m0/s1. The van der Waals surface area contributed by atoms with Crippen LogP contribution in [0.15, 0.2) is 48.5 Å². The van der Waals surface area contributed by atoms with Crippen LogP contribution in [0.2, 0.25) is 0 Å². The number of hydrogen-bond acceptors (Lipinski definition) is 4. The molecule has 0 amide bonds. The molecule has 3 N–H and O–H groups in total. The third-order valence-electron chi connectivity index (χ3n) is 4.24. The van der Waals surface area contributed by atoms with Crippen molar-refractivity contribution in [2.45, 2.75) is 24.8 Å². The molecular weight excluding hydrogens is 306 g/mol. The Hall–Kier alpha value is -2.66. The summed E-state index contributed by atoms with van der Waals surface area (Å²) >= 11 is 0. The number of ether oxygens (including phenoxy) is 1. The Labute approximate surface area is 140 Å². The highest BCUT2D eigenvalue weighted by Crippen LogP contribution is 2.44. The molecule has 0 saturated heterocycles. The van der Waals surface area contributed by atoms with E-state index < -0.39 is 18.0 Å². The zero-order chi connectivity index (χ0) is 17.1. The first-order valence-electron chi connectivity index (χ1n) is 7.87. The third kappa shape index (κ3) is 3.31. The minimum Gasteiger partial charge on any atom is -0.481 e. The largest absolute Gasteiger partial charge is 0.481 e. The van der Waals surface area contributed by atoms with Crippen LogP contribution in [0.25, 0.3) is 11.1 Å². The number of carboxylic acid groups (broad SMARTS) is 1. The summed E-state index contributed by atoms with van der Waals surface area (Å²) in [5.41, 5.74) is 10.2. The van der Waals surface area contributed by atoms with E-state index in [4.69, 9.17) is 15.6 Å². The Morgan fingerprint density at radius 3 is 2.08 bits per heavy atom. The van der Waals surface area contributed by atoms with Gasteiger partial charge in [-0.1, -0.05) is 48.5 Å². The first-order valence-corrected chi connectivity index (χ1v) is 7.87. The molecular formula is C19H19NO4. The zero-order valence-electron chi connectivity index (χ0n) is 13.1. The second-order valence-electron chi connectivity index (χ2n) is 5.97. The Bertz CT molecular complexity index is 726. The maximum absolute atomic E-state index is 11.9. The van der Waals surface area contributed by atoms with Gasteiger partial charge < -0.3 is 15.6 Å². The highest BCUT2D eigenvalue weighted by molar-refractivity contribution is 5.79. The third-order valence-corrected chi connectivity index (χ3v) is 4.24. The molecule has 0 spiro atoms. The normalized spacial score (nSPS) is 13.9. The van der Waals surface area contributed by atoms with E-state index in [1.165, 1.54) is 0 Å². The summed E-state index contributed by atoms with van der Waals surface area (Å²) in [4.78, 5) is 22.5. The molecule has 0 saturated carbocycles. The number of rotatable bonds is 6. The fraction of sp³-hybridized carbons (Fsp3) is 0.263. The summed E-state index contributed by atoms with van der Waals surface area (Å²) in [6.07, 6.45) is -0.341. The molecule has 0 aromatic heterocycles. The van der Waals surface area contributed by atoms with Crippen molar-refractivity contribution in [3.63, 3.8) is 0 Å². The Morgan fingerprint density at radius 1 is 1.00 bits per heavy atom. The lowest BCUT2D eigenvalue weighted by Gasteiger charge is -2.15. The van der Waals surface area contributed by atoms with E-state index in [2.05, 4.69) is 12.1 Å². The molecule has 24 heavy (non-hydrogen) atoms. The number of nitrogens with two attached hydrogens (primary N) is 1. The molecule has 0 radical (unpaired) electrons. The van der Waals surface area contributed by atoms with Crippen molar-refractivity contribution < 1.29 is 19.4 Å². The summed E-state index contributed by atoms with van der Waals surface area (Å²) in [5.74, 6) is -1.49. The van der Waals surface area contributed by atoms with Crippen LogP contribution in [0.5, 0.6) is 0 Å². The van der Waals surface area contributed by atoms with Gasteiger partial charge in [-0.05, 0) is 22.3 Å². The molecule has 0 aliphatic heterocycles. The van der Waals surface area contributed by atoms with Gasteiger partial charge in [0.15, 0.2) is 0 Å². The van der Waals surface area contributed by atoms with E-state index in [9.17, 15) is 9.59 Å². The summed E-state index contributed by atoms with van der Waals surface area (Å²) in [6.45, 7) is 0.229. The van der Waals surface area contributed by atoms with Crippen molar-refractivity contribution in [3.05, 3.63) is 59.7 Å². The van der Waals surface area contributed by atoms with Gasteiger partial charge >= 0.3 is 11.9 Å². The highest BCUT2D eigenvalue weighted by Gasteiger charge is 2.29. The minimum absolute atomic E-state index is 0.00273. The van der Waals surface area contributed by atoms with Gasteiger partial charge in [0.05, 0.1) is 12.8 Å². The molecule has 2 aromatic carbocycles. The van der Waals surface area contributed by atoms with Gasteiger partial charge in [0.1, 0.15) is 6.61 Å². The monoisotopic (exact) mass is 325 g/mol. The lowest BCUT2D eigenvalue weighted by molar-refractivity contribution is -0.144. The number of hydrogen-bond donors (Lipinski definition) is 2. The van der Waals surface area contributed by atoms with Crippen LogP contribution >= 0.6 is 0 Å². The number of carbonyl (C=O) groups excluding carboxylic acids is 1. The van der Waals surface area contributed by atoms with Gasteiger partial charge in [0.25, 0.3) is 0 Å². The van der Waals surface area contributed by atoms with Crippen LogP contribution < -0.4 is 5.73 Å². The zero-order valence-corrected chi connectivity index (χ0v) is 13.1. The molecule has 0 bridgehead atoms. The summed E-state index contributed by atoms with van der Waals surface area (Å²) < 4.78 is 5.38. The molecule has 5 heteroatoms. The highest BCUT2D eigenvalue weighted by atomic mass is 16.5. The first-order chi connectivity index (χ1) is 11.6. The van der Waals surface area contributed by atoms with E-state index in [0.29, 0.717) is 0 Å². The van der Waals surface area contributed by atoms with Crippen molar-refractivity contribution in [2.75, 3.05) is 6.61 Å². The van der Waals surface area contributed by atoms with Crippen molar-refractivity contribution in [1.82, 2.24) is 0 Å². The first kappa shape index (κ1) is 16.2. The maximum atomic E-state index is 11.9. The fourth-order valence-corrected chi connectivity index (χ4v) is 3.19. The van der Waals surface area contributed by atoms with Crippen LogP contribution in [-0.4, -0.2) is 29.7 Å². The van der Waals surface area contributed by atoms with Gasteiger partial charge in [-0.25, -0.2) is 0 Å². The number of carbonyl (C=O) groups is 2. The molecule has 0 unspecified atom stereocenters. The van der Waals surface area contributed by atoms with Crippen molar-refractivity contribution in [3.8, 4) is 11.1 Å². The van der Waals surface area contributed by atoms with E-state index >= 15 is 0 Å². The van der Waals surface area contributed by atoms with Crippen LogP contribution in [-0.2, 0) is 14.3 Å². The van der Waals surface area contributed by atoms with Gasteiger partial charge in [0.2, 0.25) is 0 Å². The van der Waals surface area contributed by atoms with Gasteiger partial charge in [-0.2, -0.15) is 0 Å². The Kier molecular flexibility index (Phi) is 4.62. The number of carboxylic acids is 1. The quantitative estimate of drug-likeness (QED) is 0.797. The van der Waals surface area contributed by atoms with Crippen molar-refractivity contribution in [2.24, 2.45) is 5.73 Å². The average molecular weight is 325 g/mol. The van der Waals surface area contributed by atoms with Crippen molar-refractivity contribution >= 4 is 11.9 Å². The Balaban J connectivity index is 1.69. The lowest BCUT2D eigenvalue weighted by atomic mass is 9.98. The predicted molar refractivity (Wildman–Crippen MR) is 89.5 cm³/mol. The SMILES string of the molecule is N[C@@H](CC(=O)O)CC(=O)OCC1c2ccccc2-c2ccccc21. The van der Waals surface area contributed by atoms with Gasteiger partial charge in [0, 0.05) is 12.0 Å². The number of benzene rings is 2. The predicted octanol–water partition coefficient (Wildman–Crippen LogP) is 2.53. The molecule has 1 aliphatic rings.